The van der Waals surface area contributed by atoms with Gasteiger partial charge in [-0.05, 0) is 43.4 Å². The molecule has 74 heavy (non-hydrogen) atoms. The molecular formula is C55H106O17P2. The average molecular weight is 1100 g/mol. The molecule has 19 heteroatoms. The number of hydrogen-bond acceptors (Lipinski definition) is 15. The molecule has 0 radical (unpaired) electrons. The number of ether oxygens (including phenoxy) is 4. The van der Waals surface area contributed by atoms with Crippen molar-refractivity contribution in [2.45, 2.75) is 272 Å². The van der Waals surface area contributed by atoms with E-state index in [-0.39, 0.29) is 25.7 Å². The topological polar surface area (TPSA) is 237 Å². The number of hydrogen-bond donors (Lipinski definition) is 3. The Bertz CT molecular complexity index is 1500. The quantitative estimate of drug-likeness (QED) is 0.0222. The second kappa shape index (κ2) is 47.1. The Morgan fingerprint density at radius 3 is 0.919 bits per heavy atom. The lowest BCUT2D eigenvalue weighted by Gasteiger charge is -2.21. The van der Waals surface area contributed by atoms with E-state index < -0.39 is 97.5 Å². The van der Waals surface area contributed by atoms with Crippen LogP contribution in [-0.2, 0) is 65.4 Å². The van der Waals surface area contributed by atoms with Crippen molar-refractivity contribution in [2.24, 2.45) is 17.8 Å². The third kappa shape index (κ3) is 49.6. The zero-order valence-corrected chi connectivity index (χ0v) is 49.1. The molecule has 0 aliphatic carbocycles. The summed E-state index contributed by atoms with van der Waals surface area (Å²) in [6, 6.07) is 0. The van der Waals surface area contributed by atoms with E-state index in [4.69, 9.17) is 37.0 Å². The van der Waals surface area contributed by atoms with Gasteiger partial charge in [-0.3, -0.25) is 37.3 Å². The SMILES string of the molecule is CCCCCCCC(=O)OC[C@H](COP(=O)(O)OC[C@H](O)COP(=O)(O)OC[C@@H](COC(=O)CCCCCCCCCC(C)C)OC(=O)CCCCCCCCCC(C)C)OC(=O)CCCCCCCCC(C)C. The Kier molecular flexibility index (Phi) is 45.9. The van der Waals surface area contributed by atoms with Gasteiger partial charge >= 0.3 is 39.5 Å². The minimum absolute atomic E-state index is 0.100. The van der Waals surface area contributed by atoms with Gasteiger partial charge in [0.15, 0.2) is 12.2 Å². The highest BCUT2D eigenvalue weighted by Crippen LogP contribution is 2.45. The van der Waals surface area contributed by atoms with Crippen LogP contribution in [0.15, 0.2) is 0 Å². The largest absolute Gasteiger partial charge is 0.472 e. The lowest BCUT2D eigenvalue weighted by molar-refractivity contribution is -0.161. The zero-order chi connectivity index (χ0) is 55.3. The third-order valence-corrected chi connectivity index (χ3v) is 14.3. The first kappa shape index (κ1) is 72.1. The molecule has 0 rings (SSSR count). The maximum Gasteiger partial charge on any atom is 0.472 e. The highest BCUT2D eigenvalue weighted by atomic mass is 31.2. The summed E-state index contributed by atoms with van der Waals surface area (Å²) in [4.78, 5) is 71.4. The number of phosphoric acid groups is 2. The molecule has 0 spiro atoms. The Balaban J connectivity index is 5.20. The summed E-state index contributed by atoms with van der Waals surface area (Å²) in [7, 11) is -9.86. The number of aliphatic hydroxyl groups is 1. The second-order valence-electron chi connectivity index (χ2n) is 21.4. The summed E-state index contributed by atoms with van der Waals surface area (Å²) >= 11 is 0. The minimum atomic E-state index is -4.93. The monoisotopic (exact) mass is 1100 g/mol. The van der Waals surface area contributed by atoms with E-state index in [0.29, 0.717) is 43.4 Å². The molecule has 5 atom stereocenters. The molecule has 0 aliphatic heterocycles. The van der Waals surface area contributed by atoms with Crippen LogP contribution in [0.2, 0.25) is 0 Å². The Labute approximate surface area is 447 Å². The molecule has 17 nitrogen and oxygen atoms in total. The van der Waals surface area contributed by atoms with Gasteiger partial charge in [0.1, 0.15) is 19.3 Å². The lowest BCUT2D eigenvalue weighted by atomic mass is 10.0. The number of esters is 4. The summed E-state index contributed by atoms with van der Waals surface area (Å²) in [6.07, 6.45) is 24.6. The first-order valence-electron chi connectivity index (χ1n) is 28.8. The van der Waals surface area contributed by atoms with Crippen LogP contribution in [0.1, 0.15) is 254 Å². The fourth-order valence-corrected chi connectivity index (χ4v) is 9.47. The van der Waals surface area contributed by atoms with E-state index in [2.05, 4.69) is 48.5 Å². The van der Waals surface area contributed by atoms with Crippen LogP contribution in [0.4, 0.5) is 0 Å². The Morgan fingerprint density at radius 1 is 0.365 bits per heavy atom. The molecule has 0 amide bonds. The summed E-state index contributed by atoms with van der Waals surface area (Å²) in [5.74, 6) is -0.0956. The van der Waals surface area contributed by atoms with Crippen molar-refractivity contribution in [3.05, 3.63) is 0 Å². The summed E-state index contributed by atoms with van der Waals surface area (Å²) < 4.78 is 67.3. The van der Waals surface area contributed by atoms with Crippen molar-refractivity contribution in [2.75, 3.05) is 39.6 Å². The van der Waals surface area contributed by atoms with Crippen molar-refractivity contribution in [3.63, 3.8) is 0 Å². The lowest BCUT2D eigenvalue weighted by Crippen LogP contribution is -2.30. The molecule has 3 N–H and O–H groups in total. The van der Waals surface area contributed by atoms with E-state index in [9.17, 15) is 43.2 Å². The highest BCUT2D eigenvalue weighted by molar-refractivity contribution is 7.47. The van der Waals surface area contributed by atoms with Crippen LogP contribution < -0.4 is 0 Å². The van der Waals surface area contributed by atoms with E-state index in [0.717, 1.165) is 103 Å². The molecule has 0 aromatic carbocycles. The van der Waals surface area contributed by atoms with Crippen LogP contribution in [0, 0.1) is 17.8 Å². The highest BCUT2D eigenvalue weighted by Gasteiger charge is 2.30. The van der Waals surface area contributed by atoms with Gasteiger partial charge in [-0.2, -0.15) is 0 Å². The molecule has 0 aromatic rings. The van der Waals surface area contributed by atoms with Gasteiger partial charge in [0.2, 0.25) is 0 Å². The second-order valence-corrected chi connectivity index (χ2v) is 24.3. The fraction of sp³-hybridized carbons (Fsp3) is 0.927. The molecule has 0 bridgehead atoms. The maximum absolute atomic E-state index is 12.9. The average Bonchev–Trinajstić information content (AvgIpc) is 3.33. The van der Waals surface area contributed by atoms with Crippen LogP contribution in [0.3, 0.4) is 0 Å². The Hall–Kier alpha value is -1.94. The van der Waals surface area contributed by atoms with Crippen LogP contribution in [-0.4, -0.2) is 96.7 Å². The van der Waals surface area contributed by atoms with Crippen molar-refractivity contribution < 1.29 is 80.2 Å². The molecule has 0 saturated heterocycles. The number of carbonyl (C=O) groups is 4. The molecular weight excluding hydrogens is 995 g/mol. The number of unbranched alkanes of at least 4 members (excludes halogenated alkanes) is 21. The van der Waals surface area contributed by atoms with E-state index in [1.54, 1.807) is 0 Å². The van der Waals surface area contributed by atoms with Crippen LogP contribution in [0.25, 0.3) is 0 Å². The van der Waals surface area contributed by atoms with Crippen LogP contribution >= 0.6 is 15.6 Å². The summed E-state index contributed by atoms with van der Waals surface area (Å²) in [5.41, 5.74) is 0. The number of aliphatic hydroxyl groups excluding tert-OH is 1. The fourth-order valence-electron chi connectivity index (χ4n) is 7.89. The summed E-state index contributed by atoms with van der Waals surface area (Å²) in [5, 5.41) is 10.4. The molecule has 0 aromatic heterocycles. The third-order valence-electron chi connectivity index (χ3n) is 12.4. The molecule has 0 aliphatic rings. The molecule has 438 valence electrons. The zero-order valence-electron chi connectivity index (χ0n) is 47.3. The smallest absolute Gasteiger partial charge is 0.462 e. The van der Waals surface area contributed by atoms with E-state index in [1.807, 2.05) is 0 Å². The number of phosphoric ester groups is 2. The van der Waals surface area contributed by atoms with Gasteiger partial charge in [-0.25, -0.2) is 9.13 Å². The first-order chi connectivity index (χ1) is 35.2. The van der Waals surface area contributed by atoms with Gasteiger partial charge in [-0.1, -0.05) is 203 Å². The van der Waals surface area contributed by atoms with Crippen molar-refractivity contribution in [3.8, 4) is 0 Å². The van der Waals surface area contributed by atoms with Gasteiger partial charge in [0.25, 0.3) is 0 Å². The normalized spacial score (nSPS) is 14.7. The van der Waals surface area contributed by atoms with Gasteiger partial charge < -0.3 is 33.8 Å². The van der Waals surface area contributed by atoms with Crippen molar-refractivity contribution in [1.29, 1.82) is 0 Å². The first-order valence-corrected chi connectivity index (χ1v) is 31.8. The number of carbonyl (C=O) groups excluding carboxylic acids is 4. The van der Waals surface area contributed by atoms with Crippen molar-refractivity contribution >= 4 is 39.5 Å². The molecule has 0 fully saturated rings. The van der Waals surface area contributed by atoms with Gasteiger partial charge in [0, 0.05) is 25.7 Å². The van der Waals surface area contributed by atoms with Crippen LogP contribution in [0.5, 0.6) is 0 Å². The molecule has 0 heterocycles. The maximum atomic E-state index is 12.9. The minimum Gasteiger partial charge on any atom is -0.462 e. The predicted octanol–water partition coefficient (Wildman–Crippen LogP) is 14.0. The standard InChI is InChI=1S/C55H106O17P2/c1-8-9-10-19-29-36-52(57)65-42-50(72-55(60)39-32-25-18-17-22-28-35-48(6)7)44-69-73(61,62)67-40-49(56)41-68-74(63,64)70-45-51(71-54(59)38-31-24-16-12-14-21-27-34-47(4)5)43-66-53(58)37-30-23-15-11-13-20-26-33-46(2)3/h46-51,56H,8-45H2,1-7H3,(H,61,62)(H,63,64)/t49-,50+,51+/m0/s1. The molecule has 0 saturated carbocycles. The molecule has 2 unspecified atom stereocenters. The van der Waals surface area contributed by atoms with Gasteiger partial charge in [0.05, 0.1) is 26.4 Å². The van der Waals surface area contributed by atoms with Crippen molar-refractivity contribution in [1.82, 2.24) is 0 Å². The predicted molar refractivity (Wildman–Crippen MR) is 289 cm³/mol. The van der Waals surface area contributed by atoms with E-state index in [1.165, 1.54) is 51.4 Å². The number of rotatable bonds is 53. The van der Waals surface area contributed by atoms with Gasteiger partial charge in [-0.15, -0.1) is 0 Å². The summed E-state index contributed by atoms with van der Waals surface area (Å²) in [6.45, 7) is 11.4. The Morgan fingerprint density at radius 2 is 0.622 bits per heavy atom. The van der Waals surface area contributed by atoms with E-state index >= 15 is 0 Å².